The highest BCUT2D eigenvalue weighted by molar-refractivity contribution is 5.94. The molecule has 0 saturated carbocycles. The van der Waals surface area contributed by atoms with E-state index in [2.05, 4.69) is 6.58 Å². The average Bonchev–Trinajstić information content (AvgIpc) is 2.38. The average molecular weight is 230 g/mol. The molecule has 0 aliphatic rings. The van der Waals surface area contributed by atoms with Crippen LogP contribution in [0.4, 0.5) is 0 Å². The van der Waals surface area contributed by atoms with Crippen molar-refractivity contribution in [1.29, 1.82) is 5.26 Å². The molecule has 0 spiro atoms. The van der Waals surface area contributed by atoms with E-state index in [0.717, 1.165) is 0 Å². The lowest BCUT2D eigenvalue weighted by molar-refractivity contribution is 0.0743. The van der Waals surface area contributed by atoms with Crippen LogP contribution in [0.5, 0.6) is 0 Å². The minimum atomic E-state index is -0.212. The van der Waals surface area contributed by atoms with Gasteiger partial charge in [0.1, 0.15) is 0 Å². The van der Waals surface area contributed by atoms with Crippen LogP contribution in [0.2, 0.25) is 0 Å². The van der Waals surface area contributed by atoms with E-state index in [1.54, 1.807) is 24.3 Å². The molecule has 1 aromatic rings. The molecule has 0 aliphatic carbocycles. The topological polar surface area (TPSA) is 64.3 Å². The number of hydrogen-bond acceptors (Lipinski definition) is 3. The van der Waals surface area contributed by atoms with Crippen LogP contribution in [-0.2, 0) is 0 Å². The van der Waals surface area contributed by atoms with E-state index in [0.29, 0.717) is 17.7 Å². The number of aliphatic hydroxyl groups excluding tert-OH is 1. The molecule has 0 radical (unpaired) electrons. The first-order valence-corrected chi connectivity index (χ1v) is 5.24. The summed E-state index contributed by atoms with van der Waals surface area (Å²) in [7, 11) is 0. The first kappa shape index (κ1) is 12.9. The molecule has 0 aliphatic heterocycles. The third-order valence-electron chi connectivity index (χ3n) is 2.25. The molecule has 0 saturated heterocycles. The number of amides is 1. The van der Waals surface area contributed by atoms with Crippen molar-refractivity contribution in [3.05, 3.63) is 48.0 Å². The van der Waals surface area contributed by atoms with Gasteiger partial charge in [-0.15, -0.1) is 6.58 Å². The summed E-state index contributed by atoms with van der Waals surface area (Å²) in [6, 6.07) is 8.47. The van der Waals surface area contributed by atoms with E-state index in [9.17, 15) is 4.79 Å². The van der Waals surface area contributed by atoms with Crippen molar-refractivity contribution in [2.75, 3.05) is 19.7 Å². The molecule has 0 fully saturated rings. The maximum Gasteiger partial charge on any atom is 0.254 e. The molecule has 1 aromatic carbocycles. The third-order valence-corrected chi connectivity index (χ3v) is 2.25. The molecular formula is C13H14N2O2. The fourth-order valence-electron chi connectivity index (χ4n) is 1.46. The van der Waals surface area contributed by atoms with E-state index in [-0.39, 0.29) is 19.1 Å². The predicted molar refractivity (Wildman–Crippen MR) is 64.3 cm³/mol. The Labute approximate surface area is 100 Å². The zero-order chi connectivity index (χ0) is 12.7. The van der Waals surface area contributed by atoms with Crippen LogP contribution in [0, 0.1) is 11.3 Å². The first-order valence-electron chi connectivity index (χ1n) is 5.24. The van der Waals surface area contributed by atoms with Gasteiger partial charge in [0, 0.05) is 18.7 Å². The third kappa shape index (κ3) is 3.44. The van der Waals surface area contributed by atoms with E-state index >= 15 is 0 Å². The van der Waals surface area contributed by atoms with Crippen molar-refractivity contribution in [3.63, 3.8) is 0 Å². The van der Waals surface area contributed by atoms with Gasteiger partial charge in [0.05, 0.1) is 18.2 Å². The number of aliphatic hydroxyl groups is 1. The Morgan fingerprint density at radius 3 is 2.94 bits per heavy atom. The fraction of sp³-hybridized carbons (Fsp3) is 0.231. The molecule has 0 atom stereocenters. The van der Waals surface area contributed by atoms with E-state index in [1.165, 1.54) is 11.0 Å². The molecule has 4 nitrogen and oxygen atoms in total. The van der Waals surface area contributed by atoms with Gasteiger partial charge in [0.25, 0.3) is 5.91 Å². The summed E-state index contributed by atoms with van der Waals surface area (Å²) in [5, 5.41) is 17.6. The standard InChI is InChI=1S/C13H14N2O2/c1-2-6-15(7-8-16)13(17)12-5-3-4-11(9-12)10-14/h2-5,9,16H,1,6-8H2. The Morgan fingerprint density at radius 1 is 1.59 bits per heavy atom. The predicted octanol–water partition coefficient (Wildman–Crippen LogP) is 1.18. The number of nitrogens with zero attached hydrogens (tertiary/aromatic N) is 2. The van der Waals surface area contributed by atoms with E-state index in [4.69, 9.17) is 10.4 Å². The number of carbonyl (C=O) groups is 1. The minimum absolute atomic E-state index is 0.0997. The van der Waals surface area contributed by atoms with E-state index in [1.807, 2.05) is 6.07 Å². The summed E-state index contributed by atoms with van der Waals surface area (Å²) >= 11 is 0. The molecule has 88 valence electrons. The van der Waals surface area contributed by atoms with Gasteiger partial charge in [0.15, 0.2) is 0 Å². The van der Waals surface area contributed by atoms with Crippen LogP contribution >= 0.6 is 0 Å². The summed E-state index contributed by atoms with van der Waals surface area (Å²) in [6.45, 7) is 4.09. The van der Waals surface area contributed by atoms with E-state index < -0.39 is 0 Å². The van der Waals surface area contributed by atoms with Crippen LogP contribution in [0.25, 0.3) is 0 Å². The molecule has 1 N–H and O–H groups in total. The zero-order valence-electron chi connectivity index (χ0n) is 9.47. The highest BCUT2D eigenvalue weighted by Gasteiger charge is 2.14. The summed E-state index contributed by atoms with van der Waals surface area (Å²) < 4.78 is 0. The monoisotopic (exact) mass is 230 g/mol. The fourth-order valence-corrected chi connectivity index (χ4v) is 1.46. The van der Waals surface area contributed by atoms with Crippen LogP contribution in [0.1, 0.15) is 15.9 Å². The van der Waals surface area contributed by atoms with Crippen LogP contribution in [0.3, 0.4) is 0 Å². The number of rotatable bonds is 5. The van der Waals surface area contributed by atoms with Crippen molar-refractivity contribution in [3.8, 4) is 6.07 Å². The van der Waals surface area contributed by atoms with Gasteiger partial charge in [0.2, 0.25) is 0 Å². The maximum absolute atomic E-state index is 12.1. The van der Waals surface area contributed by atoms with Crippen LogP contribution in [-0.4, -0.2) is 35.6 Å². The van der Waals surface area contributed by atoms with Gasteiger partial charge in [-0.1, -0.05) is 12.1 Å². The van der Waals surface area contributed by atoms with Crippen molar-refractivity contribution in [2.45, 2.75) is 0 Å². The van der Waals surface area contributed by atoms with Gasteiger partial charge in [-0.05, 0) is 18.2 Å². The summed E-state index contributed by atoms with van der Waals surface area (Å²) in [4.78, 5) is 13.5. The van der Waals surface area contributed by atoms with Gasteiger partial charge >= 0.3 is 0 Å². The second-order valence-corrected chi connectivity index (χ2v) is 3.46. The lowest BCUT2D eigenvalue weighted by Crippen LogP contribution is -2.33. The maximum atomic E-state index is 12.1. The van der Waals surface area contributed by atoms with Gasteiger partial charge < -0.3 is 10.0 Å². The van der Waals surface area contributed by atoms with Gasteiger partial charge in [-0.3, -0.25) is 4.79 Å². The molecule has 4 heteroatoms. The minimum Gasteiger partial charge on any atom is -0.395 e. The zero-order valence-corrected chi connectivity index (χ0v) is 9.47. The number of carbonyl (C=O) groups excluding carboxylic acids is 1. The van der Waals surface area contributed by atoms with Crippen LogP contribution in [0.15, 0.2) is 36.9 Å². The smallest absolute Gasteiger partial charge is 0.254 e. The molecule has 0 aromatic heterocycles. The molecular weight excluding hydrogens is 216 g/mol. The number of hydrogen-bond donors (Lipinski definition) is 1. The second-order valence-electron chi connectivity index (χ2n) is 3.46. The molecule has 0 bridgehead atoms. The molecule has 1 amide bonds. The van der Waals surface area contributed by atoms with Crippen molar-refractivity contribution < 1.29 is 9.90 Å². The van der Waals surface area contributed by atoms with Gasteiger partial charge in [-0.2, -0.15) is 5.26 Å². The Bertz CT molecular complexity index is 449. The molecule has 0 unspecified atom stereocenters. The van der Waals surface area contributed by atoms with Crippen molar-refractivity contribution >= 4 is 5.91 Å². The SMILES string of the molecule is C=CCN(CCO)C(=O)c1cccc(C#N)c1. The lowest BCUT2D eigenvalue weighted by Gasteiger charge is -2.19. The molecule has 1 rings (SSSR count). The summed E-state index contributed by atoms with van der Waals surface area (Å²) in [6.07, 6.45) is 1.60. The second kappa shape index (κ2) is 6.46. The summed E-state index contributed by atoms with van der Waals surface area (Å²) in [5.41, 5.74) is 0.887. The van der Waals surface area contributed by atoms with Crippen molar-refractivity contribution in [1.82, 2.24) is 4.90 Å². The molecule has 17 heavy (non-hydrogen) atoms. The largest absolute Gasteiger partial charge is 0.395 e. The highest BCUT2D eigenvalue weighted by atomic mass is 16.3. The normalized spacial score (nSPS) is 9.41. The number of nitriles is 1. The quantitative estimate of drug-likeness (QED) is 0.772. The van der Waals surface area contributed by atoms with Crippen molar-refractivity contribution in [2.24, 2.45) is 0 Å². The Hall–Kier alpha value is -2.12. The highest BCUT2D eigenvalue weighted by Crippen LogP contribution is 2.08. The Morgan fingerprint density at radius 2 is 2.35 bits per heavy atom. The Balaban J connectivity index is 2.92. The first-order chi connectivity index (χ1) is 8.22. The van der Waals surface area contributed by atoms with Gasteiger partial charge in [-0.25, -0.2) is 0 Å². The molecule has 0 heterocycles. The summed E-state index contributed by atoms with van der Waals surface area (Å²) in [5.74, 6) is -0.212. The van der Waals surface area contributed by atoms with Crippen LogP contribution < -0.4 is 0 Å². The Kier molecular flexibility index (Phi) is 4.92. The lowest BCUT2D eigenvalue weighted by atomic mass is 10.1. The number of benzene rings is 1.